The molecule has 4 heterocycles. The average molecular weight is 534 g/mol. The van der Waals surface area contributed by atoms with Gasteiger partial charge >= 0.3 is 0 Å². The second-order valence-electron chi connectivity index (χ2n) is 12.4. The van der Waals surface area contributed by atoms with Crippen LogP contribution in [0.2, 0.25) is 0 Å². The fraction of sp³-hybridized carbons (Fsp3) is 0.613. The molecule has 5 rings (SSSR count). The Morgan fingerprint density at radius 3 is 2.67 bits per heavy atom. The minimum absolute atomic E-state index is 0.0221. The van der Waals surface area contributed by atoms with Crippen LogP contribution in [0.3, 0.4) is 0 Å². The predicted molar refractivity (Wildman–Crippen MR) is 151 cm³/mol. The van der Waals surface area contributed by atoms with Gasteiger partial charge in [-0.2, -0.15) is 0 Å². The summed E-state index contributed by atoms with van der Waals surface area (Å²) in [6.07, 6.45) is 8.89. The normalized spacial score (nSPS) is 28.7. The molecule has 2 aromatic rings. The van der Waals surface area contributed by atoms with Crippen LogP contribution >= 0.6 is 0 Å². The minimum Gasteiger partial charge on any atom is -0.353 e. The molecule has 0 unspecified atom stereocenters. The third-order valence-electron chi connectivity index (χ3n) is 9.04. The fourth-order valence-corrected chi connectivity index (χ4v) is 6.93. The summed E-state index contributed by atoms with van der Waals surface area (Å²) in [5, 5.41) is 3.26. The number of hydrogen-bond acceptors (Lipinski definition) is 4. The van der Waals surface area contributed by atoms with E-state index in [9.17, 15) is 14.4 Å². The quantitative estimate of drug-likeness (QED) is 0.607. The van der Waals surface area contributed by atoms with Gasteiger partial charge in [0.15, 0.2) is 0 Å². The lowest BCUT2D eigenvalue weighted by Crippen LogP contribution is -2.60. The Morgan fingerprint density at radius 1 is 1.08 bits per heavy atom. The van der Waals surface area contributed by atoms with Gasteiger partial charge in [0.05, 0.1) is 5.56 Å². The third kappa shape index (κ3) is 6.20. The van der Waals surface area contributed by atoms with E-state index in [1.807, 2.05) is 29.2 Å². The Hall–Kier alpha value is -3.16. The molecule has 3 saturated heterocycles. The largest absolute Gasteiger partial charge is 0.353 e. The number of imidazole rings is 1. The van der Waals surface area contributed by atoms with Crippen LogP contribution in [0.5, 0.6) is 0 Å². The number of aromatic amines is 1. The summed E-state index contributed by atoms with van der Waals surface area (Å²) < 4.78 is 0. The molecule has 1 aromatic heterocycles. The maximum absolute atomic E-state index is 13.8. The predicted octanol–water partition coefficient (Wildman–Crippen LogP) is 4.50. The van der Waals surface area contributed by atoms with E-state index in [4.69, 9.17) is 0 Å². The maximum Gasteiger partial charge on any atom is 0.254 e. The molecule has 0 aliphatic carbocycles. The molecule has 8 heteroatoms. The molecule has 2 N–H and O–H groups in total. The maximum atomic E-state index is 13.8. The first-order valence-corrected chi connectivity index (χ1v) is 14.8. The van der Waals surface area contributed by atoms with Gasteiger partial charge in [0.2, 0.25) is 11.8 Å². The molecule has 1 aromatic carbocycles. The van der Waals surface area contributed by atoms with Crippen LogP contribution in [0.25, 0.3) is 11.4 Å². The highest BCUT2D eigenvalue weighted by molar-refractivity contribution is 6.00. The first-order valence-electron chi connectivity index (χ1n) is 14.8. The van der Waals surface area contributed by atoms with Crippen molar-refractivity contribution in [3.05, 3.63) is 42.2 Å². The van der Waals surface area contributed by atoms with Crippen LogP contribution in [-0.2, 0) is 9.59 Å². The summed E-state index contributed by atoms with van der Waals surface area (Å²) >= 11 is 0. The highest BCUT2D eigenvalue weighted by atomic mass is 16.2. The number of rotatable bonds is 3. The van der Waals surface area contributed by atoms with Crippen molar-refractivity contribution >= 4 is 17.7 Å². The number of likely N-dealkylation sites (tertiary alicyclic amines) is 1. The van der Waals surface area contributed by atoms with Crippen LogP contribution in [0.4, 0.5) is 0 Å². The van der Waals surface area contributed by atoms with Gasteiger partial charge in [-0.25, -0.2) is 4.98 Å². The third-order valence-corrected chi connectivity index (χ3v) is 9.04. The molecule has 8 nitrogen and oxygen atoms in total. The summed E-state index contributed by atoms with van der Waals surface area (Å²) in [5.74, 6) is 2.19. The molecule has 3 aliphatic rings. The Bertz CT molecular complexity index is 1160. The first-order chi connectivity index (χ1) is 18.8. The van der Waals surface area contributed by atoms with Gasteiger partial charge in [-0.05, 0) is 61.8 Å². The first kappa shape index (κ1) is 27.4. The number of nitrogens with one attached hydrogen (secondary N) is 2. The van der Waals surface area contributed by atoms with E-state index in [0.29, 0.717) is 49.8 Å². The highest BCUT2D eigenvalue weighted by Gasteiger charge is 2.44. The summed E-state index contributed by atoms with van der Waals surface area (Å²) in [4.78, 5) is 51.9. The van der Waals surface area contributed by atoms with E-state index in [-0.39, 0.29) is 47.6 Å². The molecular weight excluding hydrogens is 490 g/mol. The number of aromatic nitrogens is 2. The topological polar surface area (TPSA) is 98.4 Å². The molecule has 0 saturated carbocycles. The van der Waals surface area contributed by atoms with Crippen LogP contribution in [0.1, 0.15) is 76.1 Å². The molecule has 39 heavy (non-hydrogen) atoms. The van der Waals surface area contributed by atoms with Crippen LogP contribution in [-0.4, -0.2) is 69.2 Å². The lowest BCUT2D eigenvalue weighted by atomic mass is 9.77. The van der Waals surface area contributed by atoms with Gasteiger partial charge in [-0.1, -0.05) is 39.0 Å². The summed E-state index contributed by atoms with van der Waals surface area (Å²) in [5.41, 5.74) is 1.46. The summed E-state index contributed by atoms with van der Waals surface area (Å²) in [6.45, 7) is 8.45. The average Bonchev–Trinajstić information content (AvgIpc) is 3.46. The molecule has 3 aliphatic heterocycles. The Kier molecular flexibility index (Phi) is 8.38. The summed E-state index contributed by atoms with van der Waals surface area (Å²) in [7, 11) is 0. The van der Waals surface area contributed by atoms with E-state index in [0.717, 1.165) is 37.7 Å². The van der Waals surface area contributed by atoms with Gasteiger partial charge in [0, 0.05) is 62.5 Å². The van der Waals surface area contributed by atoms with Gasteiger partial charge < -0.3 is 20.1 Å². The summed E-state index contributed by atoms with van der Waals surface area (Å²) in [6, 6.07) is 7.85. The molecule has 0 radical (unpaired) electrons. The lowest BCUT2D eigenvalue weighted by Gasteiger charge is -2.51. The van der Waals surface area contributed by atoms with Crippen LogP contribution in [0.15, 0.2) is 36.7 Å². The smallest absolute Gasteiger partial charge is 0.254 e. The number of hydrogen-bond donors (Lipinski definition) is 2. The monoisotopic (exact) mass is 533 g/mol. The fourth-order valence-electron chi connectivity index (χ4n) is 6.93. The molecule has 5 atom stereocenters. The standard InChI is InChI=1S/C31H43N5O3/c1-20(2)26-12-11-21(3)15-29(38)36-18-22-16-23(27(36)9-6-10-28(37)34-26)19-35(17-22)31(39)25-8-5-4-7-24(25)30-32-13-14-33-30/h4-5,7-8,13-14,20-23,26-27H,6,9-12,15-19H2,1-3H3,(H,32,33)(H,34,37)/t21-,22+,23+,26+,27+/m1/s1. The number of amides is 3. The highest BCUT2D eigenvalue weighted by Crippen LogP contribution is 2.37. The number of benzene rings is 1. The van der Waals surface area contributed by atoms with Gasteiger partial charge in [-0.3, -0.25) is 14.4 Å². The Labute approximate surface area is 231 Å². The van der Waals surface area contributed by atoms with Crippen molar-refractivity contribution in [2.75, 3.05) is 19.6 Å². The van der Waals surface area contributed by atoms with Crippen molar-refractivity contribution in [2.45, 2.75) is 77.8 Å². The van der Waals surface area contributed by atoms with Crippen LogP contribution in [0, 0.1) is 23.7 Å². The van der Waals surface area contributed by atoms with Gasteiger partial charge in [0.1, 0.15) is 5.82 Å². The second kappa shape index (κ2) is 11.9. The zero-order chi connectivity index (χ0) is 27.5. The molecule has 210 valence electrons. The van der Waals surface area contributed by atoms with E-state index in [2.05, 4.69) is 41.0 Å². The van der Waals surface area contributed by atoms with E-state index < -0.39 is 0 Å². The molecule has 2 bridgehead atoms. The molecule has 3 amide bonds. The number of carbonyl (C=O) groups is 3. The minimum atomic E-state index is 0.0221. The number of fused-ring (bicyclic) bond motifs is 4. The van der Waals surface area contributed by atoms with Crippen molar-refractivity contribution in [3.63, 3.8) is 0 Å². The molecular formula is C31H43N5O3. The zero-order valence-corrected chi connectivity index (χ0v) is 23.6. The number of nitrogens with zero attached hydrogens (tertiary/aromatic N) is 3. The van der Waals surface area contributed by atoms with Crippen molar-refractivity contribution < 1.29 is 14.4 Å². The van der Waals surface area contributed by atoms with E-state index in [1.165, 1.54) is 0 Å². The van der Waals surface area contributed by atoms with Crippen molar-refractivity contribution in [2.24, 2.45) is 23.7 Å². The Balaban J connectivity index is 1.35. The van der Waals surface area contributed by atoms with Crippen LogP contribution < -0.4 is 5.32 Å². The SMILES string of the molecule is CC(C)[C@@H]1CC[C@@H](C)CC(=O)N2C[C@H]3C[C@@H](CN(C(=O)c4ccccc4-c4ncc[nH]4)C3)[C@@H]2CCCC(=O)N1. The van der Waals surface area contributed by atoms with Crippen molar-refractivity contribution in [3.8, 4) is 11.4 Å². The number of piperidine rings is 2. The Morgan fingerprint density at radius 2 is 1.90 bits per heavy atom. The zero-order valence-electron chi connectivity index (χ0n) is 23.6. The lowest BCUT2D eigenvalue weighted by molar-refractivity contribution is -0.141. The number of H-pyrrole nitrogens is 1. The van der Waals surface area contributed by atoms with E-state index >= 15 is 0 Å². The molecule has 0 spiro atoms. The van der Waals surface area contributed by atoms with E-state index in [1.54, 1.807) is 12.4 Å². The number of carbonyl (C=O) groups excluding carboxylic acids is 3. The second-order valence-corrected chi connectivity index (χ2v) is 12.4. The van der Waals surface area contributed by atoms with Gasteiger partial charge in [0.25, 0.3) is 5.91 Å². The van der Waals surface area contributed by atoms with Crippen molar-refractivity contribution in [1.82, 2.24) is 25.1 Å². The van der Waals surface area contributed by atoms with Crippen molar-refractivity contribution in [1.29, 1.82) is 0 Å². The van der Waals surface area contributed by atoms with Gasteiger partial charge in [-0.15, -0.1) is 0 Å². The molecule has 3 fully saturated rings.